The lowest BCUT2D eigenvalue weighted by Crippen LogP contribution is -2.47. The number of imidazole rings is 1. The van der Waals surface area contributed by atoms with Crippen LogP contribution in [-0.4, -0.2) is 59.7 Å². The van der Waals surface area contributed by atoms with Gasteiger partial charge in [0, 0.05) is 42.9 Å². The number of rotatable bonds is 6. The van der Waals surface area contributed by atoms with E-state index in [1.165, 1.54) is 12.8 Å². The largest absolute Gasteiger partial charge is 0.351 e. The summed E-state index contributed by atoms with van der Waals surface area (Å²) in [5.74, 6) is 1.91. The van der Waals surface area contributed by atoms with E-state index in [2.05, 4.69) is 51.7 Å². The Labute approximate surface area is 168 Å². The second-order valence-corrected chi connectivity index (χ2v) is 7.90. The molecular formula is C19H24N10. The Bertz CT molecular complexity index is 1030. The summed E-state index contributed by atoms with van der Waals surface area (Å²) in [5, 5.41) is 22.8. The number of H-pyrrole nitrogens is 2. The van der Waals surface area contributed by atoms with Crippen LogP contribution < -0.4 is 10.6 Å². The molecular weight excluding hydrogens is 368 g/mol. The van der Waals surface area contributed by atoms with E-state index in [0.717, 1.165) is 25.1 Å². The van der Waals surface area contributed by atoms with Crippen molar-refractivity contribution in [1.82, 2.24) is 35.0 Å². The molecule has 0 spiro atoms. The number of aromatic nitrogens is 6. The first-order valence-electron chi connectivity index (χ1n) is 10.1. The van der Waals surface area contributed by atoms with Crippen molar-refractivity contribution >= 4 is 28.7 Å². The van der Waals surface area contributed by atoms with Crippen LogP contribution in [0.4, 0.5) is 17.6 Å². The molecule has 0 aromatic carbocycles. The second-order valence-electron chi connectivity index (χ2n) is 7.90. The van der Waals surface area contributed by atoms with Gasteiger partial charge in [-0.3, -0.25) is 10.00 Å². The van der Waals surface area contributed by atoms with Crippen molar-refractivity contribution in [3.8, 4) is 6.07 Å². The summed E-state index contributed by atoms with van der Waals surface area (Å²) in [6.45, 7) is 2.83. The molecule has 0 saturated carbocycles. The molecule has 0 amide bonds. The van der Waals surface area contributed by atoms with Crippen LogP contribution in [0.2, 0.25) is 0 Å². The molecule has 0 aliphatic carbocycles. The number of hydrogen-bond acceptors (Lipinski definition) is 8. The van der Waals surface area contributed by atoms with E-state index in [9.17, 15) is 0 Å². The molecule has 2 atom stereocenters. The van der Waals surface area contributed by atoms with E-state index < -0.39 is 0 Å². The van der Waals surface area contributed by atoms with Gasteiger partial charge in [0.25, 0.3) is 0 Å². The third kappa shape index (κ3) is 3.49. The van der Waals surface area contributed by atoms with Crippen LogP contribution in [0.15, 0.2) is 12.4 Å². The molecule has 2 fully saturated rings. The number of anilines is 3. The monoisotopic (exact) mass is 392 g/mol. The van der Waals surface area contributed by atoms with Crippen LogP contribution in [0.5, 0.6) is 0 Å². The predicted octanol–water partition coefficient (Wildman–Crippen LogP) is 2.45. The molecule has 4 N–H and O–H groups in total. The molecule has 2 aliphatic heterocycles. The van der Waals surface area contributed by atoms with Gasteiger partial charge in [0.05, 0.1) is 12.4 Å². The third-order valence-electron chi connectivity index (χ3n) is 5.93. The topological polar surface area (TPSA) is 134 Å². The first-order valence-corrected chi connectivity index (χ1v) is 10.1. The maximum Gasteiger partial charge on any atom is 0.227 e. The summed E-state index contributed by atoms with van der Waals surface area (Å²) in [4.78, 5) is 19.2. The highest BCUT2D eigenvalue weighted by Gasteiger charge is 2.40. The molecule has 3 aromatic rings. The smallest absolute Gasteiger partial charge is 0.227 e. The van der Waals surface area contributed by atoms with Crippen LogP contribution in [0, 0.1) is 18.3 Å². The van der Waals surface area contributed by atoms with Crippen LogP contribution in [0.3, 0.4) is 0 Å². The first kappa shape index (κ1) is 17.9. The van der Waals surface area contributed by atoms with Gasteiger partial charge in [0.1, 0.15) is 0 Å². The van der Waals surface area contributed by atoms with E-state index in [4.69, 9.17) is 5.26 Å². The second kappa shape index (κ2) is 7.33. The number of fused-ring (bicyclic) bond motifs is 3. The van der Waals surface area contributed by atoms with Crippen molar-refractivity contribution in [3.05, 3.63) is 18.1 Å². The zero-order chi connectivity index (χ0) is 19.8. The SMILES string of the molecule is Cc1cc(Nc2nc(NC3CC4CCC(C3)N4CCC#N)nc3[nH]cnc23)n[nH]1. The van der Waals surface area contributed by atoms with Gasteiger partial charge >= 0.3 is 0 Å². The number of aryl methyl sites for hydroxylation is 1. The first-order chi connectivity index (χ1) is 14.2. The maximum atomic E-state index is 8.91. The molecule has 2 aliphatic rings. The van der Waals surface area contributed by atoms with Crippen molar-refractivity contribution in [3.63, 3.8) is 0 Å². The van der Waals surface area contributed by atoms with Gasteiger partial charge in [0.2, 0.25) is 5.95 Å². The standard InChI is InChI=1S/C19H24N10/c1-11-7-15(28-27-11)24-18-16-17(22-10-21-16)25-19(26-18)23-12-8-13-3-4-14(9-12)29(13)6-2-5-20/h7,10,12-14H,2-4,6,8-9H2,1H3,(H4,21,22,23,24,25,26,27,28). The average Bonchev–Trinajstić information content (AvgIpc) is 3.39. The fourth-order valence-electron chi connectivity index (χ4n) is 4.71. The van der Waals surface area contributed by atoms with E-state index in [1.54, 1.807) is 6.33 Å². The fourth-order valence-corrected chi connectivity index (χ4v) is 4.71. The third-order valence-corrected chi connectivity index (χ3v) is 5.93. The van der Waals surface area contributed by atoms with E-state index in [1.807, 2.05) is 13.0 Å². The van der Waals surface area contributed by atoms with Crippen molar-refractivity contribution in [2.45, 2.75) is 57.2 Å². The number of hydrogen-bond donors (Lipinski definition) is 4. The van der Waals surface area contributed by atoms with Gasteiger partial charge in [-0.1, -0.05) is 0 Å². The Morgan fingerprint density at radius 2 is 2.10 bits per heavy atom. The molecule has 5 rings (SSSR count). The molecule has 5 heterocycles. The van der Waals surface area contributed by atoms with Gasteiger partial charge in [-0.2, -0.15) is 20.3 Å². The molecule has 29 heavy (non-hydrogen) atoms. The normalized spacial score (nSPS) is 23.9. The fraction of sp³-hybridized carbons (Fsp3) is 0.526. The van der Waals surface area contributed by atoms with Crippen LogP contribution in [-0.2, 0) is 0 Å². The Morgan fingerprint density at radius 1 is 1.28 bits per heavy atom. The zero-order valence-electron chi connectivity index (χ0n) is 16.3. The maximum absolute atomic E-state index is 8.91. The summed E-state index contributed by atoms with van der Waals surface area (Å²) in [6, 6.07) is 5.60. The summed E-state index contributed by atoms with van der Waals surface area (Å²) in [5.41, 5.74) is 2.34. The predicted molar refractivity (Wildman–Crippen MR) is 109 cm³/mol. The average molecular weight is 392 g/mol. The number of nitrogens with one attached hydrogen (secondary N) is 4. The Hall–Kier alpha value is -3.19. The summed E-state index contributed by atoms with van der Waals surface area (Å²) in [6.07, 6.45) is 6.74. The highest BCUT2D eigenvalue weighted by atomic mass is 15.3. The minimum absolute atomic E-state index is 0.326. The number of piperidine rings is 1. The van der Waals surface area contributed by atoms with E-state index in [0.29, 0.717) is 53.3 Å². The van der Waals surface area contributed by atoms with Gasteiger partial charge < -0.3 is 15.6 Å². The molecule has 2 bridgehead atoms. The van der Waals surface area contributed by atoms with Gasteiger partial charge in [-0.05, 0) is 32.6 Å². The number of aromatic amines is 2. The van der Waals surface area contributed by atoms with Gasteiger partial charge in [0.15, 0.2) is 22.8 Å². The summed E-state index contributed by atoms with van der Waals surface area (Å²) < 4.78 is 0. The molecule has 3 aromatic heterocycles. The minimum Gasteiger partial charge on any atom is -0.351 e. The van der Waals surface area contributed by atoms with Crippen molar-refractivity contribution in [2.75, 3.05) is 17.2 Å². The lowest BCUT2D eigenvalue weighted by Gasteiger charge is -2.38. The highest BCUT2D eigenvalue weighted by Crippen LogP contribution is 2.36. The Kier molecular flexibility index (Phi) is 4.52. The molecule has 2 saturated heterocycles. The van der Waals surface area contributed by atoms with Crippen LogP contribution in [0.1, 0.15) is 37.8 Å². The molecule has 10 nitrogen and oxygen atoms in total. The van der Waals surface area contributed by atoms with Gasteiger partial charge in [-0.25, -0.2) is 4.98 Å². The van der Waals surface area contributed by atoms with Crippen LogP contribution >= 0.6 is 0 Å². The Morgan fingerprint density at radius 3 is 2.83 bits per heavy atom. The number of nitrogens with zero attached hydrogens (tertiary/aromatic N) is 6. The quantitative estimate of drug-likeness (QED) is 0.502. The minimum atomic E-state index is 0.326. The molecule has 150 valence electrons. The van der Waals surface area contributed by atoms with Crippen molar-refractivity contribution in [1.29, 1.82) is 5.26 Å². The Balaban J connectivity index is 1.34. The molecule has 0 radical (unpaired) electrons. The van der Waals surface area contributed by atoms with E-state index in [-0.39, 0.29) is 0 Å². The lowest BCUT2D eigenvalue weighted by molar-refractivity contribution is 0.135. The van der Waals surface area contributed by atoms with Gasteiger partial charge in [-0.15, -0.1) is 0 Å². The van der Waals surface area contributed by atoms with Crippen molar-refractivity contribution in [2.24, 2.45) is 0 Å². The summed E-state index contributed by atoms with van der Waals surface area (Å²) in [7, 11) is 0. The lowest BCUT2D eigenvalue weighted by atomic mass is 9.97. The highest BCUT2D eigenvalue weighted by molar-refractivity contribution is 5.85. The van der Waals surface area contributed by atoms with Crippen LogP contribution in [0.25, 0.3) is 11.2 Å². The zero-order valence-corrected chi connectivity index (χ0v) is 16.3. The number of nitriles is 1. The van der Waals surface area contributed by atoms with Crippen molar-refractivity contribution < 1.29 is 0 Å². The van der Waals surface area contributed by atoms with E-state index >= 15 is 0 Å². The molecule has 2 unspecified atom stereocenters. The summed E-state index contributed by atoms with van der Waals surface area (Å²) >= 11 is 0. The molecule has 10 heteroatoms.